The van der Waals surface area contributed by atoms with E-state index < -0.39 is 0 Å². The predicted octanol–water partition coefficient (Wildman–Crippen LogP) is 3.29. The molecule has 102 valence electrons. The summed E-state index contributed by atoms with van der Waals surface area (Å²) in [4.78, 5) is 27.5. The molecule has 1 aromatic heterocycles. The fourth-order valence-corrected chi connectivity index (χ4v) is 2.03. The smallest absolute Gasteiger partial charge is 0.224 e. The Balaban J connectivity index is 1.84. The minimum Gasteiger partial charge on any atom is -0.325 e. The lowest BCUT2D eigenvalue weighted by Gasteiger charge is -2.04. The van der Waals surface area contributed by atoms with E-state index in [4.69, 9.17) is 0 Å². The molecule has 0 radical (unpaired) electrons. The first-order chi connectivity index (χ1) is 9.65. The number of hydrogen-bond acceptors (Lipinski definition) is 3. The summed E-state index contributed by atoms with van der Waals surface area (Å²) in [6, 6.07) is 10.8. The summed E-state index contributed by atoms with van der Waals surface area (Å²) in [6.07, 6.45) is 3.57. The molecule has 0 aliphatic carbocycles. The van der Waals surface area contributed by atoms with Crippen molar-refractivity contribution >= 4 is 40.0 Å². The molecule has 0 saturated heterocycles. The van der Waals surface area contributed by atoms with Crippen molar-refractivity contribution in [2.75, 3.05) is 5.32 Å². The maximum atomic E-state index is 11.9. The zero-order valence-corrected chi connectivity index (χ0v) is 12.8. The van der Waals surface area contributed by atoms with Crippen LogP contribution in [-0.4, -0.2) is 16.7 Å². The maximum absolute atomic E-state index is 11.9. The second-order valence-corrected chi connectivity index (χ2v) is 5.47. The van der Waals surface area contributed by atoms with E-state index in [-0.39, 0.29) is 24.5 Å². The predicted molar refractivity (Wildman–Crippen MR) is 85.6 cm³/mol. The van der Waals surface area contributed by atoms with Crippen molar-refractivity contribution in [1.82, 2.24) is 4.98 Å². The monoisotopic (exact) mass is 380 g/mol. The number of pyridine rings is 1. The second kappa shape index (κ2) is 7.14. The van der Waals surface area contributed by atoms with Crippen molar-refractivity contribution in [3.05, 3.63) is 57.9 Å². The van der Waals surface area contributed by atoms with Crippen LogP contribution < -0.4 is 5.32 Å². The highest BCUT2D eigenvalue weighted by Crippen LogP contribution is 2.10. The van der Waals surface area contributed by atoms with Gasteiger partial charge in [0.05, 0.1) is 11.9 Å². The number of amides is 1. The first-order valence-corrected chi connectivity index (χ1v) is 7.21. The molecule has 1 N–H and O–H groups in total. The van der Waals surface area contributed by atoms with Gasteiger partial charge in [-0.3, -0.25) is 14.6 Å². The molecule has 0 atom stereocenters. The first kappa shape index (κ1) is 14.6. The fourth-order valence-electron chi connectivity index (χ4n) is 1.67. The molecule has 1 heterocycles. The van der Waals surface area contributed by atoms with Crippen LogP contribution in [0.1, 0.15) is 23.2 Å². The number of carbonyl (C=O) groups excluding carboxylic acids is 2. The molecule has 1 amide bonds. The normalized spacial score (nSPS) is 10.1. The standard InChI is InChI=1S/C15H13IN2O2/c16-12-5-3-11(4-6-12)14(19)7-8-15(20)18-13-2-1-9-17-10-13/h1-6,9-10H,7-8H2,(H,18,20). The lowest BCUT2D eigenvalue weighted by atomic mass is 10.1. The Morgan fingerprint density at radius 2 is 1.85 bits per heavy atom. The lowest BCUT2D eigenvalue weighted by Crippen LogP contribution is -2.13. The molecule has 0 spiro atoms. The van der Waals surface area contributed by atoms with Gasteiger partial charge in [-0.15, -0.1) is 0 Å². The zero-order chi connectivity index (χ0) is 14.4. The summed E-state index contributed by atoms with van der Waals surface area (Å²) >= 11 is 2.18. The van der Waals surface area contributed by atoms with Gasteiger partial charge >= 0.3 is 0 Å². The Morgan fingerprint density at radius 1 is 1.10 bits per heavy atom. The summed E-state index contributed by atoms with van der Waals surface area (Å²) in [5.74, 6) is -0.209. The summed E-state index contributed by atoms with van der Waals surface area (Å²) in [5.41, 5.74) is 1.28. The van der Waals surface area contributed by atoms with Gasteiger partial charge in [0.15, 0.2) is 5.78 Å². The van der Waals surface area contributed by atoms with Crippen LogP contribution in [0.2, 0.25) is 0 Å². The van der Waals surface area contributed by atoms with E-state index in [1.165, 1.54) is 0 Å². The quantitative estimate of drug-likeness (QED) is 0.640. The van der Waals surface area contributed by atoms with Crippen LogP contribution in [0.15, 0.2) is 48.8 Å². The highest BCUT2D eigenvalue weighted by molar-refractivity contribution is 14.1. The van der Waals surface area contributed by atoms with Crippen molar-refractivity contribution in [1.29, 1.82) is 0 Å². The van der Waals surface area contributed by atoms with E-state index in [1.54, 1.807) is 36.7 Å². The van der Waals surface area contributed by atoms with Crippen LogP contribution >= 0.6 is 22.6 Å². The van der Waals surface area contributed by atoms with Gasteiger partial charge < -0.3 is 5.32 Å². The number of nitrogens with zero attached hydrogens (tertiary/aromatic N) is 1. The number of nitrogens with one attached hydrogen (secondary N) is 1. The number of hydrogen-bond donors (Lipinski definition) is 1. The maximum Gasteiger partial charge on any atom is 0.224 e. The fraction of sp³-hybridized carbons (Fsp3) is 0.133. The van der Waals surface area contributed by atoms with Gasteiger partial charge in [0.25, 0.3) is 0 Å². The second-order valence-electron chi connectivity index (χ2n) is 4.22. The van der Waals surface area contributed by atoms with Gasteiger partial charge in [0.2, 0.25) is 5.91 Å². The molecular weight excluding hydrogens is 367 g/mol. The topological polar surface area (TPSA) is 59.1 Å². The molecule has 0 saturated carbocycles. The molecule has 0 aliphatic rings. The van der Waals surface area contributed by atoms with E-state index in [0.717, 1.165) is 3.57 Å². The largest absolute Gasteiger partial charge is 0.325 e. The van der Waals surface area contributed by atoms with Crippen LogP contribution in [0.25, 0.3) is 0 Å². The van der Waals surface area contributed by atoms with Crippen molar-refractivity contribution in [3.8, 4) is 0 Å². The molecule has 5 heteroatoms. The molecule has 1 aromatic carbocycles. The van der Waals surface area contributed by atoms with Crippen LogP contribution in [0.5, 0.6) is 0 Å². The third kappa shape index (κ3) is 4.41. The van der Waals surface area contributed by atoms with Gasteiger partial charge in [-0.05, 0) is 46.9 Å². The van der Waals surface area contributed by atoms with Gasteiger partial charge in [0.1, 0.15) is 0 Å². The van der Waals surface area contributed by atoms with Crippen molar-refractivity contribution in [3.63, 3.8) is 0 Å². The molecule has 4 nitrogen and oxygen atoms in total. The first-order valence-electron chi connectivity index (χ1n) is 6.14. The SMILES string of the molecule is O=C(CCC(=O)c1ccc(I)cc1)Nc1cccnc1. The number of anilines is 1. The van der Waals surface area contributed by atoms with E-state index >= 15 is 0 Å². The summed E-state index contributed by atoms with van der Waals surface area (Å²) < 4.78 is 1.08. The number of carbonyl (C=O) groups is 2. The number of benzene rings is 1. The Bertz CT molecular complexity index is 597. The van der Waals surface area contributed by atoms with E-state index in [1.807, 2.05) is 12.1 Å². The average molecular weight is 380 g/mol. The van der Waals surface area contributed by atoms with Gasteiger partial charge in [-0.2, -0.15) is 0 Å². The molecule has 20 heavy (non-hydrogen) atoms. The molecule has 0 fully saturated rings. The Morgan fingerprint density at radius 3 is 2.50 bits per heavy atom. The van der Waals surface area contributed by atoms with Crippen LogP contribution in [0, 0.1) is 3.57 Å². The van der Waals surface area contributed by atoms with Gasteiger partial charge in [-0.25, -0.2) is 0 Å². The van der Waals surface area contributed by atoms with Crippen molar-refractivity contribution in [2.45, 2.75) is 12.8 Å². The highest BCUT2D eigenvalue weighted by atomic mass is 127. The third-order valence-electron chi connectivity index (χ3n) is 2.69. The molecule has 2 aromatic rings. The number of ketones is 1. The Kier molecular flexibility index (Phi) is 5.23. The van der Waals surface area contributed by atoms with Crippen LogP contribution in [0.3, 0.4) is 0 Å². The minimum absolute atomic E-state index is 0.0252. The lowest BCUT2D eigenvalue weighted by molar-refractivity contribution is -0.116. The molecule has 0 bridgehead atoms. The van der Waals surface area contributed by atoms with Gasteiger partial charge in [-0.1, -0.05) is 12.1 Å². The van der Waals surface area contributed by atoms with Crippen molar-refractivity contribution < 1.29 is 9.59 Å². The van der Waals surface area contributed by atoms with Gasteiger partial charge in [0, 0.05) is 28.2 Å². The van der Waals surface area contributed by atoms with Crippen LogP contribution in [-0.2, 0) is 4.79 Å². The van der Waals surface area contributed by atoms with E-state index in [2.05, 4.69) is 32.9 Å². The molecule has 0 unspecified atom stereocenters. The van der Waals surface area contributed by atoms with E-state index in [9.17, 15) is 9.59 Å². The number of Topliss-reactive ketones (excluding diaryl/α,β-unsaturated/α-hetero) is 1. The minimum atomic E-state index is -0.183. The summed E-state index contributed by atoms with van der Waals surface area (Å²) in [7, 11) is 0. The molecule has 0 aliphatic heterocycles. The zero-order valence-electron chi connectivity index (χ0n) is 10.7. The number of halogens is 1. The van der Waals surface area contributed by atoms with Crippen molar-refractivity contribution in [2.24, 2.45) is 0 Å². The molecule has 2 rings (SSSR count). The summed E-state index contributed by atoms with van der Waals surface area (Å²) in [5, 5.41) is 2.70. The third-order valence-corrected chi connectivity index (χ3v) is 3.41. The molecular formula is C15H13IN2O2. The Hall–Kier alpha value is -1.76. The van der Waals surface area contributed by atoms with E-state index in [0.29, 0.717) is 11.3 Å². The number of rotatable bonds is 5. The summed E-state index contributed by atoms with van der Waals surface area (Å²) in [6.45, 7) is 0. The van der Waals surface area contributed by atoms with Crippen LogP contribution in [0.4, 0.5) is 5.69 Å². The average Bonchev–Trinajstić information content (AvgIpc) is 2.46. The Labute approximate surface area is 130 Å². The highest BCUT2D eigenvalue weighted by Gasteiger charge is 2.09. The number of aromatic nitrogens is 1.